The minimum Gasteiger partial charge on any atom is -0.489 e. The third kappa shape index (κ3) is 3.67. The van der Waals surface area contributed by atoms with Gasteiger partial charge < -0.3 is 14.5 Å². The third-order valence-corrected chi connectivity index (χ3v) is 4.94. The summed E-state index contributed by atoms with van der Waals surface area (Å²) < 4.78 is 9.97. The van der Waals surface area contributed by atoms with Crippen LogP contribution in [-0.4, -0.2) is 59.4 Å². The Morgan fingerprint density at radius 3 is 2.75 bits per heavy atom. The van der Waals surface area contributed by atoms with Gasteiger partial charge in [0.25, 0.3) is 17.7 Å². The van der Waals surface area contributed by atoms with Crippen LogP contribution >= 0.6 is 11.3 Å². The van der Waals surface area contributed by atoms with Crippen LogP contribution in [0.3, 0.4) is 0 Å². The highest BCUT2D eigenvalue weighted by Gasteiger charge is 2.35. The zero-order valence-corrected chi connectivity index (χ0v) is 15.6. The molecule has 2 aromatic rings. The number of furan rings is 1. The molecule has 11 nitrogen and oxygen atoms in total. The lowest BCUT2D eigenvalue weighted by molar-refractivity contribution is -0.381. The van der Waals surface area contributed by atoms with Crippen LogP contribution in [-0.2, 0) is 4.79 Å². The first-order valence-electron chi connectivity index (χ1n) is 8.17. The van der Waals surface area contributed by atoms with Crippen LogP contribution in [0.2, 0.25) is 0 Å². The van der Waals surface area contributed by atoms with Crippen molar-refractivity contribution in [3.8, 4) is 5.75 Å². The molecule has 3 heterocycles. The lowest BCUT2D eigenvalue weighted by atomic mass is 10.3. The lowest BCUT2D eigenvalue weighted by Crippen LogP contribution is -2.48. The van der Waals surface area contributed by atoms with Crippen molar-refractivity contribution in [3.63, 3.8) is 0 Å². The Labute approximate surface area is 162 Å². The molecular weight excluding hydrogens is 392 g/mol. The molecule has 0 spiro atoms. The van der Waals surface area contributed by atoms with Crippen LogP contribution < -0.4 is 10.1 Å². The zero-order valence-electron chi connectivity index (χ0n) is 14.7. The number of carbonyl (C=O) groups excluding carboxylic acids is 3. The van der Waals surface area contributed by atoms with Gasteiger partial charge in [0, 0.05) is 18.5 Å². The summed E-state index contributed by atoms with van der Waals surface area (Å²) in [5.41, 5.74) is 0.0125. The molecule has 1 fully saturated rings. The van der Waals surface area contributed by atoms with Crippen molar-refractivity contribution >= 4 is 34.1 Å². The normalized spacial score (nSPS) is 13.5. The van der Waals surface area contributed by atoms with Gasteiger partial charge >= 0.3 is 5.00 Å². The molecule has 0 atom stereocenters. The Bertz CT molecular complexity index is 908. The molecule has 0 aromatic carbocycles. The minimum atomic E-state index is -0.628. The third-order valence-electron chi connectivity index (χ3n) is 4.03. The number of nitrogens with zero attached hydrogens (tertiary/aromatic N) is 3. The standard InChI is InChI=1S/C16H16N4O7S/c1-26-13-10(9-28-16(13)20(24)25)15(23)19-6-3-5-18(19)12(21)8-17-14(22)11-4-2-7-27-11/h2,4,7,9H,3,5-6,8H2,1H3,(H,17,22). The number of hydrogen-bond acceptors (Lipinski definition) is 8. The molecule has 0 saturated carbocycles. The molecule has 1 saturated heterocycles. The van der Waals surface area contributed by atoms with Crippen molar-refractivity contribution in [2.45, 2.75) is 6.42 Å². The SMILES string of the molecule is COc1c(C(=O)N2CCCN2C(=O)CNC(=O)c2ccco2)csc1[N+](=O)[O-]. The molecule has 1 N–H and O–H groups in total. The van der Waals surface area contributed by atoms with Crippen molar-refractivity contribution in [3.05, 3.63) is 45.2 Å². The Balaban J connectivity index is 1.70. The first-order valence-corrected chi connectivity index (χ1v) is 9.05. The van der Waals surface area contributed by atoms with Gasteiger partial charge in [-0.25, -0.2) is 10.0 Å². The van der Waals surface area contributed by atoms with E-state index in [0.29, 0.717) is 6.42 Å². The smallest absolute Gasteiger partial charge is 0.366 e. The second-order valence-corrected chi connectivity index (χ2v) is 6.56. The Hall–Kier alpha value is -3.41. The monoisotopic (exact) mass is 408 g/mol. The van der Waals surface area contributed by atoms with E-state index in [0.717, 1.165) is 11.3 Å². The molecule has 3 rings (SSSR count). The molecule has 2 aromatic heterocycles. The van der Waals surface area contributed by atoms with E-state index >= 15 is 0 Å². The van der Waals surface area contributed by atoms with E-state index in [1.54, 1.807) is 6.07 Å². The van der Waals surface area contributed by atoms with Crippen LogP contribution in [0.15, 0.2) is 28.2 Å². The van der Waals surface area contributed by atoms with Crippen molar-refractivity contribution in [2.75, 3.05) is 26.7 Å². The predicted octanol–water partition coefficient (Wildman–Crippen LogP) is 1.28. The molecule has 0 aliphatic carbocycles. The summed E-state index contributed by atoms with van der Waals surface area (Å²) in [6.07, 6.45) is 1.88. The van der Waals surface area contributed by atoms with Crippen molar-refractivity contribution in [1.82, 2.24) is 15.3 Å². The van der Waals surface area contributed by atoms with Gasteiger partial charge in [0.1, 0.15) is 5.56 Å². The lowest BCUT2D eigenvalue weighted by Gasteiger charge is -2.27. The molecular formula is C16H16N4O7S. The van der Waals surface area contributed by atoms with Crippen LogP contribution in [0.5, 0.6) is 5.75 Å². The van der Waals surface area contributed by atoms with E-state index in [-0.39, 0.29) is 41.7 Å². The van der Waals surface area contributed by atoms with Gasteiger partial charge in [-0.2, -0.15) is 0 Å². The fourth-order valence-corrected chi connectivity index (χ4v) is 3.59. The van der Waals surface area contributed by atoms with E-state index < -0.39 is 22.6 Å². The summed E-state index contributed by atoms with van der Waals surface area (Å²) in [5.74, 6) is -1.69. The van der Waals surface area contributed by atoms with Crippen LogP contribution in [0.25, 0.3) is 0 Å². The Morgan fingerprint density at radius 1 is 1.36 bits per heavy atom. The number of hydrazine groups is 1. The van der Waals surface area contributed by atoms with Crippen molar-refractivity contribution in [1.29, 1.82) is 0 Å². The van der Waals surface area contributed by atoms with Crippen molar-refractivity contribution < 1.29 is 28.5 Å². The van der Waals surface area contributed by atoms with E-state index in [2.05, 4.69) is 5.32 Å². The Kier molecular flexibility index (Phi) is 5.59. The van der Waals surface area contributed by atoms with Crippen LogP contribution in [0.4, 0.5) is 5.00 Å². The summed E-state index contributed by atoms with van der Waals surface area (Å²) >= 11 is 0.776. The van der Waals surface area contributed by atoms with Gasteiger partial charge in [-0.05, 0) is 18.6 Å². The van der Waals surface area contributed by atoms with E-state index in [4.69, 9.17) is 9.15 Å². The molecule has 3 amide bonds. The predicted molar refractivity (Wildman–Crippen MR) is 95.9 cm³/mol. The molecule has 1 aliphatic rings. The minimum absolute atomic E-state index is 0.0125. The molecule has 148 valence electrons. The topological polar surface area (TPSA) is 135 Å². The van der Waals surface area contributed by atoms with Gasteiger partial charge in [0.2, 0.25) is 5.75 Å². The number of ether oxygens (including phenoxy) is 1. The quantitative estimate of drug-likeness (QED) is 0.562. The van der Waals surface area contributed by atoms with Gasteiger partial charge in [-0.3, -0.25) is 24.5 Å². The molecule has 0 unspecified atom stereocenters. The number of carbonyl (C=O) groups is 3. The second kappa shape index (κ2) is 8.08. The van der Waals surface area contributed by atoms with Crippen LogP contribution in [0.1, 0.15) is 27.3 Å². The van der Waals surface area contributed by atoms with Crippen LogP contribution in [0, 0.1) is 10.1 Å². The first-order chi connectivity index (χ1) is 13.4. The summed E-state index contributed by atoms with van der Waals surface area (Å²) in [6.45, 7) is 0.226. The molecule has 1 aliphatic heterocycles. The summed E-state index contributed by atoms with van der Waals surface area (Å²) in [6, 6.07) is 3.01. The fraction of sp³-hybridized carbons (Fsp3) is 0.312. The highest BCUT2D eigenvalue weighted by molar-refractivity contribution is 7.14. The number of nitro groups is 1. The highest BCUT2D eigenvalue weighted by atomic mass is 32.1. The average Bonchev–Trinajstić information content (AvgIpc) is 3.44. The van der Waals surface area contributed by atoms with Gasteiger partial charge in [0.15, 0.2) is 5.76 Å². The maximum Gasteiger partial charge on any atom is 0.366 e. The summed E-state index contributed by atoms with van der Waals surface area (Å²) in [5, 5.41) is 17.0. The highest BCUT2D eigenvalue weighted by Crippen LogP contribution is 2.38. The number of amides is 3. The maximum atomic E-state index is 12.8. The van der Waals surface area contributed by atoms with Gasteiger partial charge in [-0.1, -0.05) is 11.3 Å². The molecule has 28 heavy (non-hydrogen) atoms. The first kappa shape index (κ1) is 19.4. The Morgan fingerprint density at radius 2 is 2.11 bits per heavy atom. The molecule has 0 radical (unpaired) electrons. The van der Waals surface area contributed by atoms with Gasteiger partial charge in [0.05, 0.1) is 24.8 Å². The molecule has 12 heteroatoms. The van der Waals surface area contributed by atoms with E-state index in [1.165, 1.54) is 34.8 Å². The number of rotatable bonds is 6. The number of thiophene rings is 1. The largest absolute Gasteiger partial charge is 0.489 e. The second-order valence-electron chi connectivity index (χ2n) is 5.70. The molecule has 0 bridgehead atoms. The van der Waals surface area contributed by atoms with Crippen molar-refractivity contribution in [2.24, 2.45) is 0 Å². The average molecular weight is 408 g/mol. The van der Waals surface area contributed by atoms with E-state index in [9.17, 15) is 24.5 Å². The summed E-state index contributed by atoms with van der Waals surface area (Å²) in [7, 11) is 1.24. The summed E-state index contributed by atoms with van der Waals surface area (Å²) in [4.78, 5) is 47.6. The van der Waals surface area contributed by atoms with E-state index in [1.807, 2.05) is 0 Å². The zero-order chi connectivity index (χ0) is 20.3. The number of methoxy groups -OCH3 is 1. The number of nitrogens with one attached hydrogen (secondary N) is 1. The van der Waals surface area contributed by atoms with Gasteiger partial charge in [-0.15, -0.1) is 0 Å². The fourth-order valence-electron chi connectivity index (χ4n) is 2.77. The maximum absolute atomic E-state index is 12.8. The number of hydrogen-bond donors (Lipinski definition) is 1.